The highest BCUT2D eigenvalue weighted by atomic mass is 79.9. The van der Waals surface area contributed by atoms with Gasteiger partial charge in [-0.15, -0.1) is 0 Å². The molecule has 0 spiro atoms. The maximum atomic E-state index is 12.1. The standard InChI is InChI=1S/C15H21BrN2O3S/c1-2-18(9-12-4-3-5-13(16)8-12)10-15(19)17-14-6-7-22(20,21)11-14/h3-5,8,14H,2,6-7,9-11H2,1H3,(H,17,19). The normalized spacial score (nSPS) is 20.2. The van der Waals surface area contributed by atoms with E-state index in [1.165, 1.54) is 0 Å². The van der Waals surface area contributed by atoms with Crippen LogP contribution in [0.1, 0.15) is 18.9 Å². The van der Waals surface area contributed by atoms with Gasteiger partial charge >= 0.3 is 0 Å². The maximum Gasteiger partial charge on any atom is 0.234 e. The van der Waals surface area contributed by atoms with Gasteiger partial charge in [0.15, 0.2) is 9.84 Å². The maximum absolute atomic E-state index is 12.1. The Hall–Kier alpha value is -0.920. The average Bonchev–Trinajstić information content (AvgIpc) is 2.77. The van der Waals surface area contributed by atoms with Crippen molar-refractivity contribution in [3.8, 4) is 0 Å². The molecule has 0 saturated carbocycles. The molecule has 1 fully saturated rings. The highest BCUT2D eigenvalue weighted by Crippen LogP contribution is 2.14. The van der Waals surface area contributed by atoms with Crippen molar-refractivity contribution < 1.29 is 13.2 Å². The molecule has 0 radical (unpaired) electrons. The summed E-state index contributed by atoms with van der Waals surface area (Å²) in [6, 6.07) is 7.75. The van der Waals surface area contributed by atoms with Gasteiger partial charge in [-0.3, -0.25) is 9.69 Å². The Labute approximate surface area is 140 Å². The quantitative estimate of drug-likeness (QED) is 0.802. The number of nitrogens with zero attached hydrogens (tertiary/aromatic N) is 1. The monoisotopic (exact) mass is 388 g/mol. The van der Waals surface area contributed by atoms with Crippen molar-refractivity contribution in [1.82, 2.24) is 10.2 Å². The second-order valence-electron chi connectivity index (χ2n) is 5.60. The molecule has 0 bridgehead atoms. The van der Waals surface area contributed by atoms with Crippen LogP contribution >= 0.6 is 15.9 Å². The minimum absolute atomic E-state index is 0.0660. The Balaban J connectivity index is 1.86. The summed E-state index contributed by atoms with van der Waals surface area (Å²) in [5.41, 5.74) is 1.13. The van der Waals surface area contributed by atoms with Crippen molar-refractivity contribution in [3.63, 3.8) is 0 Å². The Morgan fingerprint density at radius 1 is 1.45 bits per heavy atom. The molecular weight excluding hydrogens is 368 g/mol. The van der Waals surface area contributed by atoms with Gasteiger partial charge < -0.3 is 5.32 Å². The van der Waals surface area contributed by atoms with Crippen molar-refractivity contribution in [1.29, 1.82) is 0 Å². The number of carbonyl (C=O) groups is 1. The summed E-state index contributed by atoms with van der Waals surface area (Å²) in [7, 11) is -2.96. The molecule has 1 aromatic rings. The molecule has 1 heterocycles. The lowest BCUT2D eigenvalue weighted by Crippen LogP contribution is -2.42. The summed E-state index contributed by atoms with van der Waals surface area (Å²) in [5.74, 6) is 0.128. The zero-order chi connectivity index (χ0) is 16.2. The fourth-order valence-electron chi connectivity index (χ4n) is 2.56. The van der Waals surface area contributed by atoms with Gasteiger partial charge in [-0.1, -0.05) is 35.0 Å². The van der Waals surface area contributed by atoms with E-state index in [0.717, 1.165) is 16.6 Å². The van der Waals surface area contributed by atoms with Crippen LogP contribution in [0.5, 0.6) is 0 Å². The highest BCUT2D eigenvalue weighted by Gasteiger charge is 2.29. The van der Waals surface area contributed by atoms with E-state index in [1.54, 1.807) is 0 Å². The molecule has 22 heavy (non-hydrogen) atoms. The molecule has 2 rings (SSSR count). The molecule has 1 atom stereocenters. The van der Waals surface area contributed by atoms with E-state index in [1.807, 2.05) is 36.1 Å². The molecule has 0 aromatic heterocycles. The highest BCUT2D eigenvalue weighted by molar-refractivity contribution is 9.10. The van der Waals surface area contributed by atoms with E-state index in [0.29, 0.717) is 13.0 Å². The van der Waals surface area contributed by atoms with Crippen LogP contribution in [0.15, 0.2) is 28.7 Å². The fraction of sp³-hybridized carbons (Fsp3) is 0.533. The zero-order valence-corrected chi connectivity index (χ0v) is 15.0. The van der Waals surface area contributed by atoms with Crippen LogP contribution in [-0.2, 0) is 21.2 Å². The van der Waals surface area contributed by atoms with Gasteiger partial charge in [-0.05, 0) is 30.7 Å². The number of carbonyl (C=O) groups excluding carboxylic acids is 1. The molecule has 5 nitrogen and oxygen atoms in total. The van der Waals surface area contributed by atoms with Crippen molar-refractivity contribution in [2.45, 2.75) is 25.9 Å². The topological polar surface area (TPSA) is 66.5 Å². The summed E-state index contributed by atoms with van der Waals surface area (Å²) >= 11 is 3.44. The van der Waals surface area contributed by atoms with E-state index in [2.05, 4.69) is 21.2 Å². The van der Waals surface area contributed by atoms with Gasteiger partial charge in [0.1, 0.15) is 0 Å². The number of hydrogen-bond donors (Lipinski definition) is 1. The Bertz CT molecular complexity index is 633. The van der Waals surface area contributed by atoms with E-state index < -0.39 is 9.84 Å². The van der Waals surface area contributed by atoms with E-state index in [-0.39, 0.29) is 30.0 Å². The molecule has 1 N–H and O–H groups in total. The number of rotatable bonds is 6. The van der Waals surface area contributed by atoms with E-state index in [9.17, 15) is 13.2 Å². The molecular formula is C15H21BrN2O3S. The molecule has 1 amide bonds. The predicted molar refractivity (Wildman–Crippen MR) is 90.3 cm³/mol. The van der Waals surface area contributed by atoms with Crippen LogP contribution in [0.4, 0.5) is 0 Å². The van der Waals surface area contributed by atoms with Gasteiger partial charge in [-0.2, -0.15) is 0 Å². The van der Waals surface area contributed by atoms with Crippen LogP contribution in [-0.4, -0.2) is 49.9 Å². The second kappa shape index (κ2) is 7.57. The third-order valence-corrected chi connectivity index (χ3v) is 5.97. The van der Waals surface area contributed by atoms with Crippen molar-refractivity contribution in [3.05, 3.63) is 34.3 Å². The Kier molecular flexibility index (Phi) is 6.00. The zero-order valence-electron chi connectivity index (χ0n) is 12.6. The van der Waals surface area contributed by atoms with Gasteiger partial charge in [0, 0.05) is 17.1 Å². The largest absolute Gasteiger partial charge is 0.351 e. The summed E-state index contributed by atoms with van der Waals surface area (Å²) in [4.78, 5) is 14.1. The lowest BCUT2D eigenvalue weighted by molar-refractivity contribution is -0.122. The lowest BCUT2D eigenvalue weighted by Gasteiger charge is -2.21. The first-order valence-corrected chi connectivity index (χ1v) is 9.96. The molecule has 7 heteroatoms. The number of amides is 1. The van der Waals surface area contributed by atoms with Crippen LogP contribution in [0, 0.1) is 0 Å². The number of likely N-dealkylation sites (N-methyl/N-ethyl adjacent to an activating group) is 1. The van der Waals surface area contributed by atoms with Crippen molar-refractivity contribution in [2.24, 2.45) is 0 Å². The van der Waals surface area contributed by atoms with E-state index >= 15 is 0 Å². The van der Waals surface area contributed by atoms with Gasteiger partial charge in [-0.25, -0.2) is 8.42 Å². The molecule has 0 aliphatic carbocycles. The third-order valence-electron chi connectivity index (χ3n) is 3.71. The van der Waals surface area contributed by atoms with Crippen LogP contribution in [0.25, 0.3) is 0 Å². The minimum Gasteiger partial charge on any atom is -0.351 e. The van der Waals surface area contributed by atoms with Crippen LogP contribution in [0.2, 0.25) is 0 Å². The molecule has 1 aromatic carbocycles. The summed E-state index contributed by atoms with van der Waals surface area (Å²) in [6.07, 6.45) is 0.520. The predicted octanol–water partition coefficient (Wildman–Crippen LogP) is 1.57. The summed E-state index contributed by atoms with van der Waals surface area (Å²) < 4.78 is 23.8. The average molecular weight is 389 g/mol. The molecule has 1 saturated heterocycles. The lowest BCUT2D eigenvalue weighted by atomic mass is 10.2. The first-order valence-electron chi connectivity index (χ1n) is 7.34. The first kappa shape index (κ1) is 17.4. The van der Waals surface area contributed by atoms with Crippen molar-refractivity contribution >= 4 is 31.7 Å². The molecule has 1 aliphatic heterocycles. The smallest absolute Gasteiger partial charge is 0.234 e. The summed E-state index contributed by atoms with van der Waals surface area (Å²) in [5, 5.41) is 2.83. The van der Waals surface area contributed by atoms with Crippen LogP contribution < -0.4 is 5.32 Å². The number of benzene rings is 1. The Morgan fingerprint density at radius 2 is 2.23 bits per heavy atom. The third kappa shape index (κ3) is 5.37. The SMILES string of the molecule is CCN(CC(=O)NC1CCS(=O)(=O)C1)Cc1cccc(Br)c1. The molecule has 1 aliphatic rings. The minimum atomic E-state index is -2.96. The van der Waals surface area contributed by atoms with Gasteiger partial charge in [0.2, 0.25) is 5.91 Å². The van der Waals surface area contributed by atoms with Gasteiger partial charge in [0.05, 0.1) is 18.1 Å². The number of nitrogens with one attached hydrogen (secondary N) is 1. The molecule has 122 valence electrons. The summed E-state index contributed by atoms with van der Waals surface area (Å²) in [6.45, 7) is 3.72. The first-order chi connectivity index (χ1) is 10.4. The number of halogens is 1. The second-order valence-corrected chi connectivity index (χ2v) is 8.75. The van der Waals surface area contributed by atoms with Crippen molar-refractivity contribution in [2.75, 3.05) is 24.6 Å². The Morgan fingerprint density at radius 3 is 2.82 bits per heavy atom. The number of hydrogen-bond acceptors (Lipinski definition) is 4. The fourth-order valence-corrected chi connectivity index (χ4v) is 4.68. The van der Waals surface area contributed by atoms with E-state index in [4.69, 9.17) is 0 Å². The molecule has 1 unspecified atom stereocenters. The van der Waals surface area contributed by atoms with Crippen LogP contribution in [0.3, 0.4) is 0 Å². The van der Waals surface area contributed by atoms with Gasteiger partial charge in [0.25, 0.3) is 0 Å². The number of sulfone groups is 1.